The number of nitrogen functional groups attached to an aromatic ring is 1. The van der Waals surface area contributed by atoms with Crippen molar-refractivity contribution < 1.29 is 14.3 Å². The highest BCUT2D eigenvalue weighted by Gasteiger charge is 2.13. The van der Waals surface area contributed by atoms with E-state index in [1.807, 2.05) is 12.1 Å². The first kappa shape index (κ1) is 16.4. The molecule has 0 aromatic heterocycles. The number of hydrazone groups is 1. The average molecular weight is 313 g/mol. The van der Waals surface area contributed by atoms with E-state index in [-0.39, 0.29) is 5.91 Å². The number of methoxy groups -OCH3 is 2. The van der Waals surface area contributed by atoms with Gasteiger partial charge in [0.1, 0.15) is 11.5 Å². The number of nitrogens with two attached hydrogens (primary N) is 1. The Morgan fingerprint density at radius 1 is 1.09 bits per heavy atom. The zero-order valence-electron chi connectivity index (χ0n) is 13.3. The molecule has 0 aliphatic carbocycles. The molecule has 2 aromatic rings. The number of ether oxygens (including phenoxy) is 2. The number of rotatable bonds is 5. The molecule has 0 saturated heterocycles. The predicted molar refractivity (Wildman–Crippen MR) is 90.1 cm³/mol. The topological polar surface area (TPSA) is 85.9 Å². The van der Waals surface area contributed by atoms with Gasteiger partial charge in [0.25, 0.3) is 5.91 Å². The Balaban J connectivity index is 2.15. The molecular formula is C17H19N3O3. The highest BCUT2D eigenvalue weighted by molar-refractivity contribution is 6.01. The number of amides is 1. The van der Waals surface area contributed by atoms with Gasteiger partial charge in [0.15, 0.2) is 0 Å². The maximum atomic E-state index is 12.3. The lowest BCUT2D eigenvalue weighted by atomic mass is 10.1. The van der Waals surface area contributed by atoms with Crippen molar-refractivity contribution in [3.63, 3.8) is 0 Å². The number of anilines is 1. The van der Waals surface area contributed by atoms with Crippen molar-refractivity contribution in [1.82, 2.24) is 5.43 Å². The van der Waals surface area contributed by atoms with E-state index >= 15 is 0 Å². The third kappa shape index (κ3) is 4.00. The third-order valence-corrected chi connectivity index (χ3v) is 3.31. The summed E-state index contributed by atoms with van der Waals surface area (Å²) in [6.07, 6.45) is 0. The van der Waals surface area contributed by atoms with Crippen molar-refractivity contribution in [2.24, 2.45) is 5.10 Å². The molecule has 0 aliphatic heterocycles. The van der Waals surface area contributed by atoms with Gasteiger partial charge in [0.2, 0.25) is 0 Å². The molecule has 3 N–H and O–H groups in total. The zero-order chi connectivity index (χ0) is 16.8. The van der Waals surface area contributed by atoms with Crippen LogP contribution in [0.1, 0.15) is 22.8 Å². The molecule has 0 radical (unpaired) electrons. The Hall–Kier alpha value is -3.02. The summed E-state index contributed by atoms with van der Waals surface area (Å²) in [6, 6.07) is 12.2. The van der Waals surface area contributed by atoms with Crippen LogP contribution in [0.4, 0.5) is 5.69 Å². The normalized spacial score (nSPS) is 11.0. The second-order valence-corrected chi connectivity index (χ2v) is 4.83. The number of carbonyl (C=O) groups excluding carboxylic acids is 1. The summed E-state index contributed by atoms with van der Waals surface area (Å²) in [5, 5.41) is 4.11. The van der Waals surface area contributed by atoms with Gasteiger partial charge in [-0.3, -0.25) is 4.79 Å². The van der Waals surface area contributed by atoms with Crippen LogP contribution in [0.15, 0.2) is 47.6 Å². The smallest absolute Gasteiger partial charge is 0.275 e. The molecule has 2 rings (SSSR count). The van der Waals surface area contributed by atoms with Crippen LogP contribution in [0.5, 0.6) is 11.5 Å². The van der Waals surface area contributed by atoms with Crippen LogP contribution in [0.2, 0.25) is 0 Å². The quantitative estimate of drug-likeness (QED) is 0.504. The number of hydrogen-bond acceptors (Lipinski definition) is 5. The second kappa shape index (κ2) is 7.31. The molecule has 0 unspecified atom stereocenters. The van der Waals surface area contributed by atoms with Gasteiger partial charge in [-0.05, 0) is 36.8 Å². The first-order valence-electron chi connectivity index (χ1n) is 6.97. The molecule has 0 heterocycles. The monoisotopic (exact) mass is 313 g/mol. The van der Waals surface area contributed by atoms with Crippen molar-refractivity contribution in [2.45, 2.75) is 6.92 Å². The first-order valence-corrected chi connectivity index (χ1v) is 6.97. The summed E-state index contributed by atoms with van der Waals surface area (Å²) in [5.41, 5.74) is 10.8. The van der Waals surface area contributed by atoms with Crippen LogP contribution in [0.3, 0.4) is 0 Å². The van der Waals surface area contributed by atoms with Crippen LogP contribution >= 0.6 is 0 Å². The lowest BCUT2D eigenvalue weighted by Crippen LogP contribution is -2.20. The molecule has 120 valence electrons. The fourth-order valence-electron chi connectivity index (χ4n) is 1.97. The molecular weight excluding hydrogens is 294 g/mol. The summed E-state index contributed by atoms with van der Waals surface area (Å²) >= 11 is 0. The standard InChI is InChI=1S/C17H19N3O3/c1-11(12-4-6-13(18)7-5-12)19-20-17(21)15-9-8-14(22-2)10-16(15)23-3/h4-10H,18H2,1-3H3,(H,20,21)/b19-11+. The molecule has 0 aliphatic rings. The van der Waals surface area contributed by atoms with E-state index in [1.165, 1.54) is 7.11 Å². The minimum atomic E-state index is -0.362. The Labute approximate surface area is 134 Å². The summed E-state index contributed by atoms with van der Waals surface area (Å²) < 4.78 is 10.3. The number of benzene rings is 2. The van der Waals surface area contributed by atoms with E-state index in [4.69, 9.17) is 15.2 Å². The Morgan fingerprint density at radius 2 is 1.78 bits per heavy atom. The Bertz CT molecular complexity index is 724. The highest BCUT2D eigenvalue weighted by Crippen LogP contribution is 2.24. The van der Waals surface area contributed by atoms with E-state index in [9.17, 15) is 4.79 Å². The van der Waals surface area contributed by atoms with E-state index in [0.29, 0.717) is 28.5 Å². The summed E-state index contributed by atoms with van der Waals surface area (Å²) in [7, 11) is 3.04. The van der Waals surface area contributed by atoms with Gasteiger partial charge in [-0.1, -0.05) is 12.1 Å². The van der Waals surface area contributed by atoms with Crippen molar-refractivity contribution in [1.29, 1.82) is 0 Å². The van der Waals surface area contributed by atoms with Crippen LogP contribution in [-0.4, -0.2) is 25.8 Å². The van der Waals surface area contributed by atoms with Gasteiger partial charge in [0.05, 0.1) is 25.5 Å². The molecule has 6 heteroatoms. The molecule has 0 bridgehead atoms. The molecule has 0 spiro atoms. The largest absolute Gasteiger partial charge is 0.497 e. The van der Waals surface area contributed by atoms with Crippen LogP contribution in [-0.2, 0) is 0 Å². The van der Waals surface area contributed by atoms with Crippen LogP contribution in [0, 0.1) is 0 Å². The van der Waals surface area contributed by atoms with E-state index < -0.39 is 0 Å². The Morgan fingerprint density at radius 3 is 2.39 bits per heavy atom. The molecule has 0 fully saturated rings. The summed E-state index contributed by atoms with van der Waals surface area (Å²) in [6.45, 7) is 1.80. The van der Waals surface area contributed by atoms with Crippen LogP contribution in [0.25, 0.3) is 0 Å². The predicted octanol–water partition coefficient (Wildman–Crippen LogP) is 2.44. The lowest BCUT2D eigenvalue weighted by molar-refractivity contribution is 0.0951. The van der Waals surface area contributed by atoms with Crippen molar-refractivity contribution >= 4 is 17.3 Å². The van der Waals surface area contributed by atoms with Gasteiger partial charge in [-0.25, -0.2) is 5.43 Å². The van der Waals surface area contributed by atoms with Crippen molar-refractivity contribution in [3.05, 3.63) is 53.6 Å². The molecule has 0 saturated carbocycles. The molecule has 0 atom stereocenters. The molecule has 23 heavy (non-hydrogen) atoms. The fourth-order valence-corrected chi connectivity index (χ4v) is 1.97. The third-order valence-electron chi connectivity index (χ3n) is 3.31. The average Bonchev–Trinajstić information content (AvgIpc) is 2.59. The maximum Gasteiger partial charge on any atom is 0.275 e. The van der Waals surface area contributed by atoms with Gasteiger partial charge < -0.3 is 15.2 Å². The minimum Gasteiger partial charge on any atom is -0.497 e. The van der Waals surface area contributed by atoms with E-state index in [0.717, 1.165) is 5.56 Å². The maximum absolute atomic E-state index is 12.3. The number of nitrogens with zero attached hydrogens (tertiary/aromatic N) is 1. The van der Waals surface area contributed by atoms with Gasteiger partial charge in [-0.15, -0.1) is 0 Å². The molecule has 1 amide bonds. The minimum absolute atomic E-state index is 0.362. The number of carbonyl (C=O) groups is 1. The van der Waals surface area contributed by atoms with Crippen molar-refractivity contribution in [3.8, 4) is 11.5 Å². The van der Waals surface area contributed by atoms with E-state index in [2.05, 4.69) is 10.5 Å². The number of hydrogen-bond donors (Lipinski definition) is 2. The summed E-state index contributed by atoms with van der Waals surface area (Å²) in [5.74, 6) is 0.668. The van der Waals surface area contributed by atoms with E-state index in [1.54, 1.807) is 44.4 Å². The molecule has 2 aromatic carbocycles. The summed E-state index contributed by atoms with van der Waals surface area (Å²) in [4.78, 5) is 12.3. The van der Waals surface area contributed by atoms with Crippen molar-refractivity contribution in [2.75, 3.05) is 20.0 Å². The lowest BCUT2D eigenvalue weighted by Gasteiger charge is -2.09. The van der Waals surface area contributed by atoms with Gasteiger partial charge in [-0.2, -0.15) is 5.10 Å². The fraction of sp³-hybridized carbons (Fsp3) is 0.176. The van der Waals surface area contributed by atoms with Gasteiger partial charge in [0, 0.05) is 11.8 Å². The van der Waals surface area contributed by atoms with Gasteiger partial charge >= 0.3 is 0 Å². The SMILES string of the molecule is COc1ccc(C(=O)N/N=C(\C)c2ccc(N)cc2)c(OC)c1. The zero-order valence-corrected chi connectivity index (χ0v) is 13.3. The van der Waals surface area contributed by atoms with Crippen LogP contribution < -0.4 is 20.6 Å². The second-order valence-electron chi connectivity index (χ2n) is 4.83. The molecule has 6 nitrogen and oxygen atoms in total. The first-order chi connectivity index (χ1) is 11.0. The Kier molecular flexibility index (Phi) is 5.19. The number of nitrogens with one attached hydrogen (secondary N) is 1. The highest BCUT2D eigenvalue weighted by atomic mass is 16.5.